The fourth-order valence-corrected chi connectivity index (χ4v) is 4.55. The van der Waals surface area contributed by atoms with Gasteiger partial charge in [-0.2, -0.15) is 0 Å². The van der Waals surface area contributed by atoms with Gasteiger partial charge in [0.05, 0.1) is 5.56 Å². The summed E-state index contributed by atoms with van der Waals surface area (Å²) in [6.07, 6.45) is 2.08. The van der Waals surface area contributed by atoms with E-state index in [9.17, 15) is 0 Å². The van der Waals surface area contributed by atoms with Gasteiger partial charge in [0.2, 0.25) is 5.69 Å². The minimum atomic E-state index is 0.938. The average molecular weight is 374 g/mol. The van der Waals surface area contributed by atoms with Gasteiger partial charge >= 0.3 is 0 Å². The first-order valence-corrected chi connectivity index (χ1v) is 9.93. The zero-order valence-corrected chi connectivity index (χ0v) is 16.4. The van der Waals surface area contributed by atoms with E-state index in [2.05, 4.69) is 104 Å². The lowest BCUT2D eigenvalue weighted by Gasteiger charge is -2.05. The number of pyridine rings is 1. The Bertz CT molecular complexity index is 1570. The Kier molecular flexibility index (Phi) is 3.33. The van der Waals surface area contributed by atoms with Crippen molar-refractivity contribution in [2.45, 2.75) is 6.92 Å². The molecule has 0 saturated carbocycles. The highest BCUT2D eigenvalue weighted by molar-refractivity contribution is 6.22. The molecule has 0 aliphatic rings. The van der Waals surface area contributed by atoms with Crippen molar-refractivity contribution in [2.75, 3.05) is 0 Å². The van der Waals surface area contributed by atoms with Crippen LogP contribution in [0.25, 0.3) is 54.7 Å². The monoisotopic (exact) mass is 374 g/mol. The first kappa shape index (κ1) is 16.3. The van der Waals surface area contributed by atoms with Gasteiger partial charge < -0.3 is 4.42 Å². The Morgan fingerprint density at radius 3 is 2.34 bits per heavy atom. The molecule has 138 valence electrons. The molecule has 29 heavy (non-hydrogen) atoms. The van der Waals surface area contributed by atoms with Crippen LogP contribution in [0.15, 0.2) is 89.5 Å². The molecule has 0 saturated heterocycles. The van der Waals surface area contributed by atoms with E-state index in [-0.39, 0.29) is 0 Å². The molecular weight excluding hydrogens is 354 g/mol. The van der Waals surface area contributed by atoms with E-state index in [1.165, 1.54) is 37.9 Å². The number of fused-ring (bicyclic) bond motifs is 6. The summed E-state index contributed by atoms with van der Waals surface area (Å²) in [6, 6.07) is 28.1. The van der Waals surface area contributed by atoms with E-state index in [0.717, 1.165) is 22.4 Å². The lowest BCUT2D eigenvalue weighted by atomic mass is 9.97. The van der Waals surface area contributed by atoms with Crippen LogP contribution in [0.3, 0.4) is 0 Å². The molecule has 2 heteroatoms. The van der Waals surface area contributed by atoms with Crippen LogP contribution >= 0.6 is 0 Å². The molecule has 0 bridgehead atoms. The molecule has 6 aromatic rings. The largest absolute Gasteiger partial charge is 0.455 e. The third kappa shape index (κ3) is 2.32. The molecule has 4 aromatic carbocycles. The lowest BCUT2D eigenvalue weighted by Crippen LogP contribution is -2.30. The molecule has 0 aliphatic heterocycles. The third-order valence-electron chi connectivity index (χ3n) is 6.01. The van der Waals surface area contributed by atoms with Gasteiger partial charge in [0.1, 0.15) is 18.2 Å². The van der Waals surface area contributed by atoms with E-state index in [1.807, 2.05) is 0 Å². The number of hydrogen-bond donors (Lipinski definition) is 0. The van der Waals surface area contributed by atoms with Crippen LogP contribution in [-0.2, 0) is 7.05 Å². The van der Waals surface area contributed by atoms with Gasteiger partial charge in [0, 0.05) is 22.9 Å². The van der Waals surface area contributed by atoms with E-state index in [1.54, 1.807) is 0 Å². The summed E-state index contributed by atoms with van der Waals surface area (Å²) in [5.74, 6) is 0. The van der Waals surface area contributed by atoms with Crippen molar-refractivity contribution >= 4 is 43.5 Å². The van der Waals surface area contributed by atoms with Crippen LogP contribution in [0.4, 0.5) is 0 Å². The van der Waals surface area contributed by atoms with Crippen molar-refractivity contribution in [3.63, 3.8) is 0 Å². The number of aryl methyl sites for hydroxylation is 2. The summed E-state index contributed by atoms with van der Waals surface area (Å²) in [5.41, 5.74) is 5.43. The number of aromatic nitrogens is 1. The minimum absolute atomic E-state index is 0.938. The van der Waals surface area contributed by atoms with E-state index < -0.39 is 0 Å². The van der Waals surface area contributed by atoms with Crippen molar-refractivity contribution < 1.29 is 8.98 Å². The summed E-state index contributed by atoms with van der Waals surface area (Å²) in [5, 5.41) is 7.37. The molecule has 0 N–H and O–H groups in total. The standard InChI is InChI=1S/C27H20NO/c1-17-10-12-21-26-22-16-19-8-4-3-7-18(19)15-20(22)11-13-24(26)29-27(21)25(17)23-9-5-6-14-28(23)2/h3-16H,1-2H3/q+1. The summed E-state index contributed by atoms with van der Waals surface area (Å²) in [7, 11) is 2.08. The summed E-state index contributed by atoms with van der Waals surface area (Å²) in [6.45, 7) is 2.15. The highest BCUT2D eigenvalue weighted by Gasteiger charge is 2.21. The van der Waals surface area contributed by atoms with Gasteiger partial charge in [-0.25, -0.2) is 4.57 Å². The Labute approximate surface area is 168 Å². The summed E-state index contributed by atoms with van der Waals surface area (Å²) in [4.78, 5) is 0. The third-order valence-corrected chi connectivity index (χ3v) is 6.01. The molecular formula is C27H20NO+. The number of hydrogen-bond acceptors (Lipinski definition) is 1. The highest BCUT2D eigenvalue weighted by atomic mass is 16.3. The molecule has 0 spiro atoms. The average Bonchev–Trinajstić information content (AvgIpc) is 3.12. The Balaban J connectivity index is 1.79. The normalized spacial score (nSPS) is 11.8. The SMILES string of the molecule is Cc1ccc2c(oc3ccc4cc5ccccc5cc4c32)c1-c1cccc[n+]1C. The van der Waals surface area contributed by atoms with Gasteiger partial charge in [-0.1, -0.05) is 42.5 Å². The van der Waals surface area contributed by atoms with Gasteiger partial charge in [-0.15, -0.1) is 0 Å². The second-order valence-electron chi connectivity index (χ2n) is 7.79. The first-order valence-electron chi connectivity index (χ1n) is 9.93. The Morgan fingerprint density at radius 2 is 1.52 bits per heavy atom. The molecule has 0 aliphatic carbocycles. The van der Waals surface area contributed by atoms with Crippen molar-refractivity contribution in [1.82, 2.24) is 0 Å². The van der Waals surface area contributed by atoms with Crippen molar-refractivity contribution in [2.24, 2.45) is 7.05 Å². The van der Waals surface area contributed by atoms with Crippen LogP contribution in [-0.4, -0.2) is 0 Å². The molecule has 2 heterocycles. The number of rotatable bonds is 1. The number of furan rings is 1. The van der Waals surface area contributed by atoms with Gasteiger partial charge in [0.25, 0.3) is 0 Å². The molecule has 6 rings (SSSR count). The maximum absolute atomic E-state index is 6.48. The molecule has 0 amide bonds. The van der Waals surface area contributed by atoms with E-state index in [4.69, 9.17) is 4.42 Å². The number of nitrogens with zero attached hydrogens (tertiary/aromatic N) is 1. The molecule has 2 nitrogen and oxygen atoms in total. The highest BCUT2D eigenvalue weighted by Crippen LogP contribution is 2.40. The van der Waals surface area contributed by atoms with Gasteiger partial charge in [-0.05, 0) is 58.3 Å². The van der Waals surface area contributed by atoms with E-state index in [0.29, 0.717) is 0 Å². The maximum atomic E-state index is 6.48. The summed E-state index contributed by atoms with van der Waals surface area (Å²) >= 11 is 0. The van der Waals surface area contributed by atoms with Crippen LogP contribution in [0.1, 0.15) is 5.56 Å². The van der Waals surface area contributed by atoms with Crippen LogP contribution in [0, 0.1) is 6.92 Å². The zero-order valence-electron chi connectivity index (χ0n) is 16.4. The quantitative estimate of drug-likeness (QED) is 0.231. The Morgan fingerprint density at radius 1 is 0.724 bits per heavy atom. The second kappa shape index (κ2) is 5.92. The second-order valence-corrected chi connectivity index (χ2v) is 7.79. The zero-order chi connectivity index (χ0) is 19.5. The minimum Gasteiger partial charge on any atom is -0.455 e. The fraction of sp³-hybridized carbons (Fsp3) is 0.0741. The molecule has 0 unspecified atom stereocenters. The lowest BCUT2D eigenvalue weighted by molar-refractivity contribution is -0.660. The predicted octanol–water partition coefficient (Wildman–Crippen LogP) is 6.69. The van der Waals surface area contributed by atoms with Crippen LogP contribution < -0.4 is 4.57 Å². The van der Waals surface area contributed by atoms with E-state index >= 15 is 0 Å². The van der Waals surface area contributed by atoms with Crippen LogP contribution in [0.2, 0.25) is 0 Å². The Hall–Kier alpha value is -3.65. The molecule has 0 fully saturated rings. The topological polar surface area (TPSA) is 17.0 Å². The summed E-state index contributed by atoms with van der Waals surface area (Å²) < 4.78 is 8.63. The molecule has 0 atom stereocenters. The van der Waals surface area contributed by atoms with Crippen molar-refractivity contribution in [1.29, 1.82) is 0 Å². The molecule has 0 radical (unpaired) electrons. The fourth-order valence-electron chi connectivity index (χ4n) is 4.55. The van der Waals surface area contributed by atoms with Gasteiger partial charge in [-0.3, -0.25) is 0 Å². The number of benzene rings is 4. The van der Waals surface area contributed by atoms with Crippen LogP contribution in [0.5, 0.6) is 0 Å². The van der Waals surface area contributed by atoms with Crippen molar-refractivity contribution in [3.8, 4) is 11.3 Å². The first-order chi connectivity index (χ1) is 14.2. The van der Waals surface area contributed by atoms with Gasteiger partial charge in [0.15, 0.2) is 6.20 Å². The predicted molar refractivity (Wildman–Crippen MR) is 120 cm³/mol. The smallest absolute Gasteiger partial charge is 0.216 e. The molecule has 2 aromatic heterocycles. The maximum Gasteiger partial charge on any atom is 0.216 e. The van der Waals surface area contributed by atoms with Crippen molar-refractivity contribution in [3.05, 3.63) is 90.6 Å².